The number of guanidine groups is 1. The van der Waals surface area contributed by atoms with Crippen molar-refractivity contribution in [1.29, 1.82) is 0 Å². The van der Waals surface area contributed by atoms with Gasteiger partial charge in [-0.3, -0.25) is 0 Å². The molecule has 3 N–H and O–H groups in total. The van der Waals surface area contributed by atoms with Crippen LogP contribution in [0, 0.1) is 5.82 Å². The molecule has 0 spiro atoms. The number of hydrogen-bond donors (Lipinski definition) is 3. The number of unbranched alkanes of at least 4 members (excludes halogenated alkanes) is 1. The predicted octanol–water partition coefficient (Wildman–Crippen LogP) is 2.99. The first kappa shape index (κ1) is 21.8. The molecule has 5 nitrogen and oxygen atoms in total. The number of nitrogens with zero attached hydrogens (tertiary/aromatic N) is 2. The van der Waals surface area contributed by atoms with Gasteiger partial charge in [-0.05, 0) is 62.3 Å². The van der Waals surface area contributed by atoms with Crippen LogP contribution in [0.5, 0.6) is 0 Å². The number of aliphatic hydroxyl groups excluding tert-OH is 1. The van der Waals surface area contributed by atoms with E-state index in [1.807, 2.05) is 35.7 Å². The molecule has 27 heavy (non-hydrogen) atoms. The zero-order valence-electron chi connectivity index (χ0n) is 16.5. The van der Waals surface area contributed by atoms with E-state index in [-0.39, 0.29) is 11.9 Å². The number of nitrogens with one attached hydrogen (secondary N) is 2. The van der Waals surface area contributed by atoms with Crippen LogP contribution < -0.4 is 15.5 Å². The van der Waals surface area contributed by atoms with Crippen LogP contribution in [-0.2, 0) is 6.54 Å². The molecule has 0 atom stereocenters. The molecule has 0 unspecified atom stereocenters. The number of piperidine rings is 1. The maximum atomic E-state index is 14.5. The second-order valence-corrected chi connectivity index (χ2v) is 7.81. The van der Waals surface area contributed by atoms with Gasteiger partial charge in [-0.25, -0.2) is 9.38 Å². The molecule has 0 aromatic heterocycles. The standard InChI is InChI=1S/C20H33FN4OS/c1-3-22-20(23-10-4-5-13-27-2)24-15-16-6-7-19(18(21)14-16)25-11-8-17(26)9-12-25/h6-7,14,17,26H,3-5,8-13,15H2,1-2H3,(H2,22,23,24). The van der Waals surface area contributed by atoms with E-state index >= 15 is 0 Å². The van der Waals surface area contributed by atoms with Gasteiger partial charge in [-0.1, -0.05) is 6.07 Å². The Morgan fingerprint density at radius 2 is 2.07 bits per heavy atom. The van der Waals surface area contributed by atoms with E-state index in [4.69, 9.17) is 0 Å². The lowest BCUT2D eigenvalue weighted by Gasteiger charge is -2.31. The maximum Gasteiger partial charge on any atom is 0.191 e. The molecule has 1 aliphatic rings. The van der Waals surface area contributed by atoms with Crippen molar-refractivity contribution in [2.45, 2.75) is 45.3 Å². The van der Waals surface area contributed by atoms with Crippen molar-refractivity contribution in [1.82, 2.24) is 10.6 Å². The second-order valence-electron chi connectivity index (χ2n) is 6.83. The van der Waals surface area contributed by atoms with Crippen LogP contribution in [0.4, 0.5) is 10.1 Å². The van der Waals surface area contributed by atoms with Gasteiger partial charge in [0.1, 0.15) is 5.82 Å². The molecule has 0 bridgehead atoms. The van der Waals surface area contributed by atoms with E-state index in [0.29, 0.717) is 38.2 Å². The first-order valence-corrected chi connectivity index (χ1v) is 11.3. The van der Waals surface area contributed by atoms with Crippen LogP contribution >= 0.6 is 11.8 Å². The fourth-order valence-electron chi connectivity index (χ4n) is 3.10. The topological polar surface area (TPSA) is 59.9 Å². The summed E-state index contributed by atoms with van der Waals surface area (Å²) < 4.78 is 14.5. The molecule has 1 heterocycles. The van der Waals surface area contributed by atoms with Gasteiger partial charge >= 0.3 is 0 Å². The van der Waals surface area contributed by atoms with E-state index in [2.05, 4.69) is 21.9 Å². The lowest BCUT2D eigenvalue weighted by molar-refractivity contribution is 0.145. The summed E-state index contributed by atoms with van der Waals surface area (Å²) in [6.07, 6.45) is 5.56. The van der Waals surface area contributed by atoms with E-state index < -0.39 is 0 Å². The van der Waals surface area contributed by atoms with Gasteiger partial charge in [0.25, 0.3) is 0 Å². The van der Waals surface area contributed by atoms with Crippen molar-refractivity contribution in [3.8, 4) is 0 Å². The van der Waals surface area contributed by atoms with Gasteiger partial charge in [0.15, 0.2) is 5.96 Å². The van der Waals surface area contributed by atoms with Crippen LogP contribution in [0.15, 0.2) is 23.2 Å². The summed E-state index contributed by atoms with van der Waals surface area (Å²) in [5.74, 6) is 1.74. The average molecular weight is 397 g/mol. The van der Waals surface area contributed by atoms with Crippen molar-refractivity contribution in [3.05, 3.63) is 29.6 Å². The number of halogens is 1. The van der Waals surface area contributed by atoms with Gasteiger partial charge in [0.2, 0.25) is 0 Å². The summed E-state index contributed by atoms with van der Waals surface area (Å²) in [6, 6.07) is 5.35. The van der Waals surface area contributed by atoms with Crippen LogP contribution in [-0.4, -0.2) is 55.4 Å². The normalized spacial score (nSPS) is 15.9. The Balaban J connectivity index is 1.90. The minimum absolute atomic E-state index is 0.214. The summed E-state index contributed by atoms with van der Waals surface area (Å²) in [6.45, 7) is 5.55. The zero-order valence-corrected chi connectivity index (χ0v) is 17.3. The fourth-order valence-corrected chi connectivity index (χ4v) is 3.60. The summed E-state index contributed by atoms with van der Waals surface area (Å²) in [7, 11) is 0. The summed E-state index contributed by atoms with van der Waals surface area (Å²) in [4.78, 5) is 6.58. The van der Waals surface area contributed by atoms with Gasteiger partial charge in [0.05, 0.1) is 18.3 Å². The Labute approximate surface area is 166 Å². The molecule has 1 fully saturated rings. The number of benzene rings is 1. The van der Waals surface area contributed by atoms with Crippen molar-refractivity contribution >= 4 is 23.4 Å². The molecule has 1 aliphatic heterocycles. The highest BCUT2D eigenvalue weighted by Gasteiger charge is 2.19. The van der Waals surface area contributed by atoms with Gasteiger partial charge in [0, 0.05) is 26.2 Å². The lowest BCUT2D eigenvalue weighted by Crippen LogP contribution is -2.37. The van der Waals surface area contributed by atoms with Crippen molar-refractivity contribution < 1.29 is 9.50 Å². The zero-order chi connectivity index (χ0) is 19.5. The number of aliphatic imine (C=N–C) groups is 1. The first-order valence-electron chi connectivity index (χ1n) is 9.86. The first-order chi connectivity index (χ1) is 13.1. The summed E-state index contributed by atoms with van der Waals surface area (Å²) in [5.41, 5.74) is 1.47. The second kappa shape index (κ2) is 12.1. The molecule has 0 saturated carbocycles. The Morgan fingerprint density at radius 1 is 1.30 bits per heavy atom. The number of anilines is 1. The summed E-state index contributed by atoms with van der Waals surface area (Å²) in [5, 5.41) is 16.2. The highest BCUT2D eigenvalue weighted by Crippen LogP contribution is 2.24. The Morgan fingerprint density at radius 3 is 2.74 bits per heavy atom. The molecule has 1 aromatic rings. The third kappa shape index (κ3) is 7.58. The number of aliphatic hydroxyl groups is 1. The highest BCUT2D eigenvalue weighted by molar-refractivity contribution is 7.98. The van der Waals surface area contributed by atoms with Crippen molar-refractivity contribution in [2.24, 2.45) is 4.99 Å². The molecule has 7 heteroatoms. The van der Waals surface area contributed by atoms with Crippen LogP contribution in [0.25, 0.3) is 0 Å². The molecular formula is C20H33FN4OS. The molecule has 1 saturated heterocycles. The third-order valence-corrected chi connectivity index (χ3v) is 5.35. The molecular weight excluding hydrogens is 363 g/mol. The molecule has 0 radical (unpaired) electrons. The van der Waals surface area contributed by atoms with E-state index in [9.17, 15) is 9.50 Å². The van der Waals surface area contributed by atoms with Crippen molar-refractivity contribution in [2.75, 3.05) is 43.1 Å². The lowest BCUT2D eigenvalue weighted by atomic mass is 10.1. The summed E-state index contributed by atoms with van der Waals surface area (Å²) >= 11 is 1.87. The Kier molecular flexibility index (Phi) is 9.77. The van der Waals surface area contributed by atoms with E-state index in [1.165, 1.54) is 12.2 Å². The largest absolute Gasteiger partial charge is 0.393 e. The quantitative estimate of drug-likeness (QED) is 0.340. The van der Waals surface area contributed by atoms with Crippen LogP contribution in [0.3, 0.4) is 0 Å². The smallest absolute Gasteiger partial charge is 0.191 e. The number of thioether (sulfide) groups is 1. The number of rotatable bonds is 9. The van der Waals surface area contributed by atoms with E-state index in [1.54, 1.807) is 6.07 Å². The fraction of sp³-hybridized carbons (Fsp3) is 0.650. The van der Waals surface area contributed by atoms with Crippen LogP contribution in [0.1, 0.15) is 38.2 Å². The Hall–Kier alpha value is -1.47. The van der Waals surface area contributed by atoms with Crippen molar-refractivity contribution in [3.63, 3.8) is 0 Å². The van der Waals surface area contributed by atoms with Gasteiger partial charge in [-0.2, -0.15) is 11.8 Å². The minimum Gasteiger partial charge on any atom is -0.393 e. The highest BCUT2D eigenvalue weighted by atomic mass is 32.2. The molecule has 2 rings (SSSR count). The Bertz CT molecular complexity index is 591. The number of hydrogen-bond acceptors (Lipinski definition) is 4. The molecule has 0 amide bonds. The predicted molar refractivity (Wildman–Crippen MR) is 114 cm³/mol. The van der Waals surface area contributed by atoms with Gasteiger partial charge < -0.3 is 20.6 Å². The van der Waals surface area contributed by atoms with E-state index in [0.717, 1.165) is 31.0 Å². The third-order valence-electron chi connectivity index (χ3n) is 4.65. The minimum atomic E-state index is -0.254. The SMILES string of the molecule is CCNC(=NCc1ccc(N2CCC(O)CC2)c(F)c1)NCCCCSC. The van der Waals surface area contributed by atoms with Gasteiger partial charge in [-0.15, -0.1) is 0 Å². The average Bonchev–Trinajstić information content (AvgIpc) is 2.67. The molecule has 1 aromatic carbocycles. The monoisotopic (exact) mass is 396 g/mol. The molecule has 0 aliphatic carbocycles. The molecule has 152 valence electrons. The van der Waals surface area contributed by atoms with Crippen LogP contribution in [0.2, 0.25) is 0 Å². The maximum absolute atomic E-state index is 14.5.